The van der Waals surface area contributed by atoms with Crippen LogP contribution in [0.2, 0.25) is 0 Å². The first kappa shape index (κ1) is 10.9. The van der Waals surface area contributed by atoms with Crippen molar-refractivity contribution in [3.05, 3.63) is 0 Å². The molecule has 1 aliphatic carbocycles. The lowest BCUT2D eigenvalue weighted by atomic mass is 9.86. The van der Waals surface area contributed by atoms with Gasteiger partial charge in [-0.1, -0.05) is 19.8 Å². The van der Waals surface area contributed by atoms with Crippen molar-refractivity contribution in [1.82, 2.24) is 10.2 Å². The van der Waals surface area contributed by atoms with E-state index in [4.69, 9.17) is 0 Å². The molecule has 15 heavy (non-hydrogen) atoms. The molecule has 1 amide bonds. The molecule has 1 aliphatic heterocycles. The fourth-order valence-electron chi connectivity index (χ4n) is 2.86. The third-order valence-electron chi connectivity index (χ3n) is 3.99. The Labute approximate surface area is 92.2 Å². The summed E-state index contributed by atoms with van der Waals surface area (Å²) in [6, 6.07) is 0.365. The molecule has 1 N–H and O–H groups in total. The number of hydrogen-bond donors (Lipinski definition) is 1. The highest BCUT2D eigenvalue weighted by atomic mass is 16.2. The molecule has 2 aliphatic rings. The molecule has 0 radical (unpaired) electrons. The lowest BCUT2D eigenvalue weighted by Gasteiger charge is -2.39. The van der Waals surface area contributed by atoms with Gasteiger partial charge in [-0.25, -0.2) is 0 Å². The van der Waals surface area contributed by atoms with Crippen LogP contribution in [-0.4, -0.2) is 36.5 Å². The van der Waals surface area contributed by atoms with Crippen LogP contribution in [0.25, 0.3) is 0 Å². The van der Waals surface area contributed by atoms with Gasteiger partial charge in [-0.2, -0.15) is 0 Å². The highest BCUT2D eigenvalue weighted by Crippen LogP contribution is 2.39. The molecule has 2 rings (SSSR count). The number of nitrogens with zero attached hydrogens (tertiary/aromatic N) is 1. The number of carbonyl (C=O) groups excluding carboxylic acids is 1. The van der Waals surface area contributed by atoms with E-state index in [0.717, 1.165) is 32.5 Å². The summed E-state index contributed by atoms with van der Waals surface area (Å²) in [7, 11) is 0. The average Bonchev–Trinajstić information content (AvgIpc) is 2.66. The Morgan fingerprint density at radius 1 is 1.40 bits per heavy atom. The summed E-state index contributed by atoms with van der Waals surface area (Å²) >= 11 is 0. The van der Waals surface area contributed by atoms with E-state index in [2.05, 4.69) is 24.1 Å². The number of nitrogens with one attached hydrogen (secondary N) is 1. The highest BCUT2D eigenvalue weighted by Gasteiger charge is 2.40. The van der Waals surface area contributed by atoms with Gasteiger partial charge in [0.05, 0.1) is 0 Å². The topological polar surface area (TPSA) is 32.3 Å². The third kappa shape index (κ3) is 2.03. The Balaban J connectivity index is 2.05. The molecule has 0 aromatic heterocycles. The van der Waals surface area contributed by atoms with Crippen molar-refractivity contribution >= 4 is 5.91 Å². The maximum atomic E-state index is 12.4. The van der Waals surface area contributed by atoms with Gasteiger partial charge in [-0.05, 0) is 19.8 Å². The van der Waals surface area contributed by atoms with Crippen molar-refractivity contribution in [2.45, 2.75) is 45.6 Å². The van der Waals surface area contributed by atoms with Crippen LogP contribution >= 0.6 is 0 Å². The summed E-state index contributed by atoms with van der Waals surface area (Å²) < 4.78 is 0. The van der Waals surface area contributed by atoms with Crippen LogP contribution in [-0.2, 0) is 4.79 Å². The molecule has 0 unspecified atom stereocenters. The Bertz CT molecular complexity index is 246. The van der Waals surface area contributed by atoms with Gasteiger partial charge >= 0.3 is 0 Å². The maximum absolute atomic E-state index is 12.4. The minimum atomic E-state index is -0.0500. The maximum Gasteiger partial charge on any atom is 0.228 e. The van der Waals surface area contributed by atoms with Gasteiger partial charge in [-0.3, -0.25) is 4.79 Å². The van der Waals surface area contributed by atoms with Crippen LogP contribution < -0.4 is 5.32 Å². The molecule has 1 heterocycles. The Morgan fingerprint density at radius 2 is 2.07 bits per heavy atom. The largest absolute Gasteiger partial charge is 0.337 e. The van der Waals surface area contributed by atoms with E-state index in [9.17, 15) is 4.79 Å². The minimum Gasteiger partial charge on any atom is -0.337 e. The highest BCUT2D eigenvalue weighted by molar-refractivity contribution is 5.83. The number of hydrogen-bond acceptors (Lipinski definition) is 2. The van der Waals surface area contributed by atoms with Gasteiger partial charge in [-0.15, -0.1) is 0 Å². The molecule has 0 aromatic carbocycles. The first-order valence-corrected chi connectivity index (χ1v) is 6.15. The fourth-order valence-corrected chi connectivity index (χ4v) is 2.86. The van der Waals surface area contributed by atoms with Crippen molar-refractivity contribution in [3.8, 4) is 0 Å². The van der Waals surface area contributed by atoms with E-state index in [0.29, 0.717) is 11.9 Å². The van der Waals surface area contributed by atoms with Gasteiger partial charge in [0, 0.05) is 31.1 Å². The number of amides is 1. The molecule has 1 atom stereocenters. The second-order valence-corrected chi connectivity index (χ2v) is 5.32. The first-order chi connectivity index (χ1) is 7.13. The lowest BCUT2D eigenvalue weighted by Crippen LogP contribution is -2.55. The molecule has 3 nitrogen and oxygen atoms in total. The SMILES string of the molecule is C[C@H]1CNCCN1C(=O)C1(C)CCCC1. The summed E-state index contributed by atoms with van der Waals surface area (Å²) in [5.74, 6) is 0.397. The average molecular weight is 210 g/mol. The first-order valence-electron chi connectivity index (χ1n) is 6.15. The zero-order valence-electron chi connectivity index (χ0n) is 9.88. The van der Waals surface area contributed by atoms with Gasteiger partial charge in [0.1, 0.15) is 0 Å². The van der Waals surface area contributed by atoms with Gasteiger partial charge in [0.25, 0.3) is 0 Å². The minimum absolute atomic E-state index is 0.0500. The van der Waals surface area contributed by atoms with Crippen molar-refractivity contribution in [2.75, 3.05) is 19.6 Å². The standard InChI is InChI=1S/C12H22N2O/c1-10-9-13-7-8-14(10)11(15)12(2)5-3-4-6-12/h10,13H,3-9H2,1-2H3/t10-/m0/s1. The number of rotatable bonds is 1. The molecule has 86 valence electrons. The molecule has 0 aromatic rings. The van der Waals surface area contributed by atoms with Gasteiger partial charge in [0.2, 0.25) is 5.91 Å². The van der Waals surface area contributed by atoms with Crippen molar-refractivity contribution in [2.24, 2.45) is 5.41 Å². The molecule has 3 heteroatoms. The van der Waals surface area contributed by atoms with Crippen LogP contribution in [0.15, 0.2) is 0 Å². The van der Waals surface area contributed by atoms with E-state index in [1.54, 1.807) is 0 Å². The summed E-state index contributed by atoms with van der Waals surface area (Å²) in [5.41, 5.74) is -0.0500. The van der Waals surface area contributed by atoms with Crippen molar-refractivity contribution < 1.29 is 4.79 Å². The molecule has 1 saturated heterocycles. The summed E-state index contributed by atoms with van der Waals surface area (Å²) in [4.78, 5) is 14.5. The van der Waals surface area contributed by atoms with Gasteiger partial charge in [0.15, 0.2) is 0 Å². The van der Waals surface area contributed by atoms with E-state index >= 15 is 0 Å². The monoisotopic (exact) mass is 210 g/mol. The molecular formula is C12H22N2O. The summed E-state index contributed by atoms with van der Waals surface area (Å²) in [6.45, 7) is 7.07. The molecule has 1 saturated carbocycles. The second kappa shape index (κ2) is 4.12. The van der Waals surface area contributed by atoms with Crippen LogP contribution in [0.1, 0.15) is 39.5 Å². The van der Waals surface area contributed by atoms with E-state index in [1.807, 2.05) is 0 Å². The smallest absolute Gasteiger partial charge is 0.228 e. The van der Waals surface area contributed by atoms with Crippen LogP contribution in [0.3, 0.4) is 0 Å². The second-order valence-electron chi connectivity index (χ2n) is 5.32. The molecule has 0 bridgehead atoms. The predicted molar refractivity (Wildman–Crippen MR) is 60.6 cm³/mol. The lowest BCUT2D eigenvalue weighted by molar-refractivity contribution is -0.143. The van der Waals surface area contributed by atoms with E-state index in [1.165, 1.54) is 12.8 Å². The predicted octanol–water partition coefficient (Wildman–Crippen LogP) is 1.39. The number of piperazine rings is 1. The Kier molecular flexibility index (Phi) is 3.01. The van der Waals surface area contributed by atoms with Crippen molar-refractivity contribution in [1.29, 1.82) is 0 Å². The van der Waals surface area contributed by atoms with Crippen LogP contribution in [0, 0.1) is 5.41 Å². The zero-order chi connectivity index (χ0) is 10.9. The Hall–Kier alpha value is -0.570. The Morgan fingerprint density at radius 3 is 2.67 bits per heavy atom. The van der Waals surface area contributed by atoms with E-state index < -0.39 is 0 Å². The fraction of sp³-hybridized carbons (Fsp3) is 0.917. The van der Waals surface area contributed by atoms with E-state index in [-0.39, 0.29) is 5.41 Å². The van der Waals surface area contributed by atoms with Crippen LogP contribution in [0.4, 0.5) is 0 Å². The summed E-state index contributed by atoms with van der Waals surface area (Å²) in [6.07, 6.45) is 4.62. The zero-order valence-corrected chi connectivity index (χ0v) is 9.88. The number of carbonyl (C=O) groups is 1. The molecule has 0 spiro atoms. The molecular weight excluding hydrogens is 188 g/mol. The van der Waals surface area contributed by atoms with Gasteiger partial charge < -0.3 is 10.2 Å². The quantitative estimate of drug-likeness (QED) is 0.709. The normalized spacial score (nSPS) is 30.5. The summed E-state index contributed by atoms with van der Waals surface area (Å²) in [5, 5.41) is 3.33. The molecule has 2 fully saturated rings. The third-order valence-corrected chi connectivity index (χ3v) is 3.99. The van der Waals surface area contributed by atoms with Crippen LogP contribution in [0.5, 0.6) is 0 Å². The van der Waals surface area contributed by atoms with Crippen molar-refractivity contribution in [3.63, 3.8) is 0 Å².